The number of halogens is 3. The summed E-state index contributed by atoms with van der Waals surface area (Å²) in [6.07, 6.45) is -65.5. The number of ether oxygens (including phenoxy) is 30. The molecule has 1 aromatic carbocycles. The van der Waals surface area contributed by atoms with Crippen LogP contribution in [0.5, 0.6) is 0 Å². The second-order valence-electron chi connectivity index (χ2n) is 32.0. The van der Waals surface area contributed by atoms with Gasteiger partial charge in [0.25, 0.3) is 9.58 Å². The number of hydrogen-bond donors (Lipinski definition) is 3. The van der Waals surface area contributed by atoms with E-state index in [1.165, 1.54) is 37.3 Å². The third-order valence-electron chi connectivity index (χ3n) is 20.5. The van der Waals surface area contributed by atoms with Crippen molar-refractivity contribution in [3.8, 4) is 0 Å². The molecule has 6 heterocycles. The average molecular weight is 2080 g/mol. The molecule has 6 fully saturated rings. The van der Waals surface area contributed by atoms with E-state index in [2.05, 4.69) is 10.6 Å². The van der Waals surface area contributed by atoms with Gasteiger partial charge in [-0.3, -0.25) is 91.7 Å². The molecular weight excluding hydrogens is 1970 g/mol. The van der Waals surface area contributed by atoms with Crippen molar-refractivity contribution in [1.82, 2.24) is 10.6 Å². The molecule has 2 amide bonds. The van der Waals surface area contributed by atoms with Crippen molar-refractivity contribution in [1.29, 1.82) is 5.41 Å². The minimum absolute atomic E-state index is 0.208. The number of methoxy groups -OCH3 is 1. The van der Waals surface area contributed by atoms with Crippen LogP contribution in [0.3, 0.4) is 0 Å². The minimum Gasteiger partial charge on any atom is -0.465 e. The highest BCUT2D eigenvalue weighted by atomic mass is 35.6. The smallest absolute Gasteiger partial charge is 0.366 e. The van der Waals surface area contributed by atoms with Crippen LogP contribution in [0, 0.1) is 5.41 Å². The summed E-state index contributed by atoms with van der Waals surface area (Å²) in [6.45, 7) is 10.9. The number of carbonyl (C=O) groups is 20. The molecule has 6 aliphatic heterocycles. The zero-order chi connectivity index (χ0) is 105. The maximum Gasteiger partial charge on any atom is 0.366 e. The zero-order valence-electron chi connectivity index (χ0n) is 79.5. The summed E-state index contributed by atoms with van der Waals surface area (Å²) < 4.78 is 180. The molecule has 7 rings (SSSR count). The lowest BCUT2D eigenvalue weighted by molar-refractivity contribution is -0.399. The molecule has 786 valence electrons. The minimum atomic E-state index is -3.47. The molecule has 6 saturated heterocycles. The van der Waals surface area contributed by atoms with Crippen molar-refractivity contribution in [3.63, 3.8) is 0 Å². The van der Waals surface area contributed by atoms with E-state index >= 15 is 4.79 Å². The summed E-state index contributed by atoms with van der Waals surface area (Å²) in [4.78, 5) is 274. The molecule has 3 N–H and O–H groups in total. The van der Waals surface area contributed by atoms with E-state index in [1.807, 2.05) is 0 Å². The molecule has 53 nitrogen and oxygen atoms in total. The molecule has 31 atom stereocenters. The Morgan fingerprint density at radius 3 is 1.16 bits per heavy atom. The number of benzene rings is 1. The SMILES string of the molecule is COC(=O)[C@@]1(O[C@H]2[C@@H](OC(C)=O)[C@@H](COC(C)=O)O[C@@H](O[C@H]3[C@H](O[C@@H]4O[C@@H](C)[C@@H](OC(C)=O)[C@@H](OC(C)=O)[C@@H]4OC(C)=O)[C@@H](NC(C)=O)[C@H](O[C@H]4[C@@H](OC(C)=O)[C@@H](COC(C)=O)O[C@@H](O[C@H]5[C@H](OC(C)=O)[C@@H](OC(=O)c6ccccc6)C(OC(=N)C(Cl)(Cl)Cl)O[C@@H]5COC(C)=O)[C@@H]4OC(C)=O)O[C@@H]3COC(C)=O)[C@@H]2OC(C)=O)C[C@H](OC(C)=O)[C@@H](NC(C)=O)[C@H]([C@H](OC(C)=O)[C@@H](COC(C)=O)OC(C)=O)O1. The maximum absolute atomic E-state index is 15.5. The Labute approximate surface area is 818 Å². The fourth-order valence-electron chi connectivity index (χ4n) is 15.6. The summed E-state index contributed by atoms with van der Waals surface area (Å²) >= 11 is 18.3. The number of amides is 2. The van der Waals surface area contributed by atoms with E-state index in [0.29, 0.717) is 0 Å². The fourth-order valence-corrected chi connectivity index (χ4v) is 15.7. The van der Waals surface area contributed by atoms with Gasteiger partial charge in [0, 0.05) is 125 Å². The number of hydrogen-bond acceptors (Lipinski definition) is 51. The van der Waals surface area contributed by atoms with Gasteiger partial charge in [0.15, 0.2) is 86.2 Å². The first kappa shape index (κ1) is 116. The standard InChI is InChI=1S/C85H110Cl3N3O50/c1-32-60(121-42(11)101)68(125-46(15)105)72(127-48(17)107)78(118-32)137-66-59(91-34(3)93)77(138-70-63(123-44(13)103)55(29-115-37(6)96)131-79(73(70)128-49(18)108)136-64-56(30-116-38(7)97)133-81(139-82(89)85(86,87)88)74(69(64)126-47(16)106)134-76(110)51-24-22-21-23-25-51)130-54(28-114-36(5)95)61(66)135-80-75(129-50(19)109)71(65(124-45(14)104)57(132-80)31-117-39(8)98)141-84(83(111)112-20)26-52(119-40(9)99)58(90-33(2)92)67(140-84)62(122-43(12)102)53(120-41(10)100)27-113-35(4)94/h21-25,32,52-75,77-81,89H,26-31H2,1-20H3,(H,90,92)(H,91,93)/t32-,52-,53+,54+,55+,56+,57+,58+,59+,60+,61+,62+,63-,64+,65-,66+,67+,68+,69-,70-,71-,72-,73+,74+,75+,77-,78-,79-,80-,81?,84-/m0/s1. The fraction of sp³-hybridized carbons (Fsp3) is 0.682. The number of esters is 18. The summed E-state index contributed by atoms with van der Waals surface area (Å²) in [6, 6.07) is 2.51. The van der Waals surface area contributed by atoms with Crippen LogP contribution < -0.4 is 10.6 Å². The second-order valence-corrected chi connectivity index (χ2v) is 34.3. The quantitative estimate of drug-likeness (QED) is 0.0254. The monoisotopic (exact) mass is 2080 g/mol. The lowest BCUT2D eigenvalue weighted by atomic mass is 9.87. The number of rotatable bonds is 39. The number of alkyl halides is 3. The van der Waals surface area contributed by atoms with Gasteiger partial charge in [0.2, 0.25) is 30.1 Å². The van der Waals surface area contributed by atoms with Crippen LogP contribution in [-0.4, -0.2) is 359 Å². The largest absolute Gasteiger partial charge is 0.465 e. The highest BCUT2D eigenvalue weighted by Crippen LogP contribution is 2.46. The molecule has 141 heavy (non-hydrogen) atoms. The van der Waals surface area contributed by atoms with Crippen LogP contribution in [0.25, 0.3) is 0 Å². The Bertz CT molecular complexity index is 4690. The van der Waals surface area contributed by atoms with Crippen molar-refractivity contribution in [3.05, 3.63) is 35.9 Å². The van der Waals surface area contributed by atoms with Gasteiger partial charge >= 0.3 is 107 Å². The zero-order valence-corrected chi connectivity index (χ0v) is 81.8. The molecule has 0 spiro atoms. The predicted octanol–water partition coefficient (Wildman–Crippen LogP) is -0.122. The highest BCUT2D eigenvalue weighted by Gasteiger charge is 2.67. The first-order valence-electron chi connectivity index (χ1n) is 42.9. The third kappa shape index (κ3) is 33.9. The number of carbonyl (C=O) groups excluding carboxylic acids is 20. The second kappa shape index (κ2) is 52.5. The molecule has 56 heteroatoms. The van der Waals surface area contributed by atoms with Crippen LogP contribution in [-0.2, 0) is 233 Å². The molecule has 0 aromatic heterocycles. The molecule has 1 unspecified atom stereocenters. The van der Waals surface area contributed by atoms with E-state index in [9.17, 15) is 91.1 Å². The summed E-state index contributed by atoms with van der Waals surface area (Å²) in [5, 5.41) is 13.7. The highest BCUT2D eigenvalue weighted by molar-refractivity contribution is 6.76. The Morgan fingerprint density at radius 1 is 0.376 bits per heavy atom. The van der Waals surface area contributed by atoms with Crippen LogP contribution in [0.1, 0.15) is 148 Å². The molecule has 0 aliphatic carbocycles. The van der Waals surface area contributed by atoms with E-state index in [4.69, 9.17) is 182 Å². The van der Waals surface area contributed by atoms with Gasteiger partial charge in [-0.15, -0.1) is 0 Å². The van der Waals surface area contributed by atoms with Gasteiger partial charge in [0.1, 0.15) is 106 Å². The maximum atomic E-state index is 15.5. The first-order chi connectivity index (χ1) is 65.9. The first-order valence-corrected chi connectivity index (χ1v) is 44.1. The van der Waals surface area contributed by atoms with Gasteiger partial charge < -0.3 is 153 Å². The predicted molar refractivity (Wildman–Crippen MR) is 452 cm³/mol. The topological polar surface area (TPSA) is 666 Å². The van der Waals surface area contributed by atoms with Crippen molar-refractivity contribution in [2.75, 3.05) is 40.1 Å². The van der Waals surface area contributed by atoms with Crippen molar-refractivity contribution in [2.24, 2.45) is 0 Å². The summed E-state index contributed by atoms with van der Waals surface area (Å²) in [5.74, 6) is -29.2. The van der Waals surface area contributed by atoms with E-state index < -0.39 is 358 Å². The van der Waals surface area contributed by atoms with E-state index in [1.54, 1.807) is 0 Å². The number of nitrogens with one attached hydrogen (secondary N) is 3. The van der Waals surface area contributed by atoms with E-state index in [0.717, 1.165) is 132 Å². The van der Waals surface area contributed by atoms with E-state index in [-0.39, 0.29) is 5.56 Å². The van der Waals surface area contributed by atoms with Crippen LogP contribution >= 0.6 is 34.8 Å². The van der Waals surface area contributed by atoms with Gasteiger partial charge in [0.05, 0.1) is 31.2 Å². The summed E-state index contributed by atoms with van der Waals surface area (Å²) in [5.41, 5.74) is -0.208. The molecular formula is C85H110Cl3N3O50. The van der Waals surface area contributed by atoms with Crippen molar-refractivity contribution in [2.45, 2.75) is 331 Å². The Hall–Kier alpha value is -11.5. The Kier molecular flexibility index (Phi) is 43.4. The van der Waals surface area contributed by atoms with Gasteiger partial charge in [-0.25, -0.2) is 9.59 Å². The lowest BCUT2D eigenvalue weighted by Gasteiger charge is -2.53. The van der Waals surface area contributed by atoms with Crippen LogP contribution in [0.15, 0.2) is 30.3 Å². The molecule has 0 saturated carbocycles. The molecule has 1 aromatic rings. The van der Waals surface area contributed by atoms with Crippen LogP contribution in [0.2, 0.25) is 0 Å². The Morgan fingerprint density at radius 2 is 0.730 bits per heavy atom. The van der Waals surface area contributed by atoms with Gasteiger partial charge in [-0.2, -0.15) is 0 Å². The summed E-state index contributed by atoms with van der Waals surface area (Å²) in [7, 11) is 0.721. The molecule has 6 aliphatic rings. The average Bonchev–Trinajstić information content (AvgIpc) is 0.738. The van der Waals surface area contributed by atoms with Gasteiger partial charge in [-0.1, -0.05) is 53.0 Å². The Balaban J connectivity index is 1.61. The van der Waals surface area contributed by atoms with Crippen molar-refractivity contribution >= 4 is 160 Å². The van der Waals surface area contributed by atoms with Gasteiger partial charge in [-0.05, 0) is 19.1 Å². The van der Waals surface area contributed by atoms with Crippen molar-refractivity contribution < 1.29 is 238 Å². The lowest BCUT2D eigenvalue weighted by Crippen LogP contribution is -2.73. The third-order valence-corrected chi connectivity index (χ3v) is 21.0. The molecule has 0 bridgehead atoms. The molecule has 0 radical (unpaired) electrons. The van der Waals surface area contributed by atoms with Crippen LogP contribution in [0.4, 0.5) is 0 Å². The normalized spacial score (nSPS) is 31.0.